The van der Waals surface area contributed by atoms with E-state index in [1.807, 2.05) is 36.8 Å². The zero-order valence-electron chi connectivity index (χ0n) is 61.6. The van der Waals surface area contributed by atoms with E-state index in [1.54, 1.807) is 39.8 Å². The van der Waals surface area contributed by atoms with Crippen molar-refractivity contribution in [1.29, 1.82) is 0 Å². The number of fused-ring (bicyclic) bond motifs is 4. The highest BCUT2D eigenvalue weighted by atomic mass is 19.3. The fourth-order valence-corrected chi connectivity index (χ4v) is 14.6. The molecule has 6 aliphatic carbocycles. The van der Waals surface area contributed by atoms with Crippen molar-refractivity contribution in [1.82, 2.24) is 38.2 Å². The third-order valence-corrected chi connectivity index (χ3v) is 22.9. The molecule has 0 spiro atoms. The van der Waals surface area contributed by atoms with E-state index in [2.05, 4.69) is 71.7 Å². The molecule has 4 aromatic heterocycles. The summed E-state index contributed by atoms with van der Waals surface area (Å²) in [6, 6.07) is 8.22. The third-order valence-electron chi connectivity index (χ3n) is 22.9. The number of aromatic nitrogens is 8. The molecule has 582 valence electrons. The number of carbonyl (C=O) groups is 4. The molecule has 5 atom stereocenters. The Labute approximate surface area is 616 Å². The fraction of sp³-hybridized carbons (Fsp3) is 0.558. The predicted octanol–water partition coefficient (Wildman–Crippen LogP) is 20.5. The topological polar surface area (TPSA) is 196 Å². The first-order valence-electron chi connectivity index (χ1n) is 35.5. The SMILES string of the molecule is C.CC(C)(C)n1c(NC(=O)CC2CC(F)(F)C2(C)F)nc2c(F)cc(F)cc21.CC1(n2c(NC(=O)CC3CC(F)(F)C3(C)F)nc3cc(F)c(F)c(F)c32)CCC1.[C-]#[N+]c1cc(F)c2nc(NC(=O)C(C)C(C)(C)C)n(C3(C)CCC3)c2c1.[C-]#[N+]c1cc(F)c2nc(NC(=O)CC3(C)CC3)n(C3(C)CCC3)c2c1. The number of anilines is 4. The van der Waals surface area contributed by atoms with Crippen LogP contribution in [0.2, 0.25) is 0 Å². The van der Waals surface area contributed by atoms with Crippen LogP contribution >= 0.6 is 0 Å². The third kappa shape index (κ3) is 15.0. The molecule has 4 aromatic carbocycles. The number of carbonyl (C=O) groups excluding carboxylic acids is 4. The molecule has 18 nitrogen and oxygen atoms in total. The van der Waals surface area contributed by atoms with E-state index in [0.29, 0.717) is 48.3 Å². The Morgan fingerprint density at radius 1 is 0.509 bits per heavy atom. The second kappa shape index (κ2) is 28.3. The maximum Gasteiger partial charge on any atom is 0.281 e. The lowest BCUT2D eigenvalue weighted by atomic mass is 9.67. The van der Waals surface area contributed by atoms with Gasteiger partial charge in [0.05, 0.1) is 35.2 Å². The van der Waals surface area contributed by atoms with E-state index < -0.39 is 124 Å². The summed E-state index contributed by atoms with van der Waals surface area (Å²) in [4.78, 5) is 73.3. The number of amides is 4. The van der Waals surface area contributed by atoms with Crippen molar-refractivity contribution < 1.29 is 76.3 Å². The molecule has 6 saturated carbocycles. The van der Waals surface area contributed by atoms with E-state index in [4.69, 9.17) is 13.1 Å². The smallest absolute Gasteiger partial charge is 0.281 e. The van der Waals surface area contributed by atoms with Gasteiger partial charge in [-0.15, -0.1) is 0 Å². The number of alkyl halides is 6. The summed E-state index contributed by atoms with van der Waals surface area (Å²) in [5, 5.41) is 10.6. The van der Waals surface area contributed by atoms with Crippen molar-refractivity contribution in [3.05, 3.63) is 106 Å². The molecule has 14 rings (SSSR count). The summed E-state index contributed by atoms with van der Waals surface area (Å²) in [6.07, 6.45) is 8.06. The van der Waals surface area contributed by atoms with Crippen LogP contribution in [0.25, 0.3) is 53.8 Å². The van der Waals surface area contributed by atoms with Gasteiger partial charge in [0.1, 0.15) is 39.5 Å². The minimum atomic E-state index is -3.50. The van der Waals surface area contributed by atoms with Crippen LogP contribution in [0.5, 0.6) is 0 Å². The normalized spacial score (nSPS) is 22.3. The fourth-order valence-electron chi connectivity index (χ4n) is 14.6. The summed E-state index contributed by atoms with van der Waals surface area (Å²) in [5.74, 6) is -17.9. The summed E-state index contributed by atoms with van der Waals surface area (Å²) in [5.41, 5.74) is -5.87. The predicted molar refractivity (Wildman–Crippen MR) is 385 cm³/mol. The first kappa shape index (κ1) is 81.2. The second-order valence-electron chi connectivity index (χ2n) is 33.2. The highest BCUT2D eigenvalue weighted by Gasteiger charge is 2.68. The van der Waals surface area contributed by atoms with E-state index in [9.17, 15) is 76.3 Å². The van der Waals surface area contributed by atoms with Gasteiger partial charge in [0.15, 0.2) is 46.0 Å². The number of hydrogen-bond acceptors (Lipinski definition) is 8. The van der Waals surface area contributed by atoms with Crippen LogP contribution in [0.15, 0.2) is 42.5 Å². The second-order valence-corrected chi connectivity index (χ2v) is 33.2. The molecule has 5 unspecified atom stereocenters. The number of imidazole rings is 4. The first-order valence-corrected chi connectivity index (χ1v) is 35.5. The molecule has 4 N–H and O–H groups in total. The van der Waals surface area contributed by atoms with Crippen molar-refractivity contribution in [2.45, 2.75) is 246 Å². The molecule has 4 heterocycles. The molecule has 8 aromatic rings. The maximum atomic E-state index is 14.5. The molecule has 4 amide bonds. The van der Waals surface area contributed by atoms with Gasteiger partial charge in [0.2, 0.25) is 47.4 Å². The molecule has 0 bridgehead atoms. The molecule has 6 aliphatic rings. The number of rotatable bonds is 14. The van der Waals surface area contributed by atoms with E-state index in [0.717, 1.165) is 83.8 Å². The standard InChI is InChI=1S/C20H25FN4O.C19H19F6N3O.C19H21FN4O.C18H20F5N3O.CH4/c1-12(19(2,3)4)17(26)24-18-23-16-14(21)10-13(22-6)11-15(16)25(18)20(5)8-7-9-20;1-17(4-3-5-17)28-15-11(7-10(20)13(21)14(15)22)26-16(28)27-12(29)6-9-8-19(24,25)18(9,2)23;1-18(7-8-18)11-15(25)22-17-23-16-13(20)9-12(21-3)10-14(16)24(17)19(2)5-4-6-19;1-16(2,3)26-12-7-10(19)6-11(20)14(12)25-15(26)24-13(27)5-9-8-18(22,23)17(9,4)21;/h10-12H,7-9H2,1-5H3,(H,23,24,26);7,9H,3-6,8H2,1-2H3,(H,26,27,29);9-10H,4-8,11H2,1-2H3,(H,22,23,25);6-7,9H,5,8H2,1-4H3,(H,24,25,27);1H4. The molecule has 31 heteroatoms. The number of halogens is 13. The van der Waals surface area contributed by atoms with Crippen LogP contribution in [0, 0.1) is 82.4 Å². The number of nitrogens with zero attached hydrogens (tertiary/aromatic N) is 10. The first-order chi connectivity index (χ1) is 49.5. The Kier molecular flexibility index (Phi) is 21.3. The van der Waals surface area contributed by atoms with Gasteiger partial charge < -0.3 is 18.3 Å². The average molecular weight is 1520 g/mol. The van der Waals surface area contributed by atoms with E-state index in [-0.39, 0.29) is 103 Å². The summed E-state index contributed by atoms with van der Waals surface area (Å²) >= 11 is 0. The summed E-state index contributed by atoms with van der Waals surface area (Å²) in [7, 11) is 0. The Morgan fingerprint density at radius 2 is 0.907 bits per heavy atom. The zero-order chi connectivity index (χ0) is 78.8. The zero-order valence-corrected chi connectivity index (χ0v) is 61.6. The monoisotopic (exact) mass is 1520 g/mol. The molecule has 0 radical (unpaired) electrons. The van der Waals surface area contributed by atoms with Crippen molar-refractivity contribution >= 4 is 103 Å². The lowest BCUT2D eigenvalue weighted by molar-refractivity contribution is -0.242. The van der Waals surface area contributed by atoms with Gasteiger partial charge in [-0.3, -0.25) is 40.4 Å². The van der Waals surface area contributed by atoms with Gasteiger partial charge in [0.25, 0.3) is 11.8 Å². The molecular formula is C77H89F13N14O4. The van der Waals surface area contributed by atoms with Gasteiger partial charge in [0, 0.05) is 90.2 Å². The number of hydrogen-bond donors (Lipinski definition) is 4. The molecular weight excluding hydrogens is 1430 g/mol. The maximum absolute atomic E-state index is 14.5. The summed E-state index contributed by atoms with van der Waals surface area (Å²) in [6.45, 7) is 37.1. The lowest BCUT2D eigenvalue weighted by Gasteiger charge is -2.47. The van der Waals surface area contributed by atoms with Gasteiger partial charge in [-0.05, 0) is 161 Å². The summed E-state index contributed by atoms with van der Waals surface area (Å²) < 4.78 is 187. The number of nitrogens with one attached hydrogen (secondary N) is 4. The minimum absolute atomic E-state index is 0. The Morgan fingerprint density at radius 3 is 1.31 bits per heavy atom. The Balaban J connectivity index is 0.000000153. The van der Waals surface area contributed by atoms with Crippen LogP contribution < -0.4 is 21.3 Å². The quantitative estimate of drug-likeness (QED) is 0.0469. The van der Waals surface area contributed by atoms with E-state index >= 15 is 0 Å². The van der Waals surface area contributed by atoms with Crippen LogP contribution in [0.4, 0.5) is 92.2 Å². The molecule has 108 heavy (non-hydrogen) atoms. The van der Waals surface area contributed by atoms with Crippen molar-refractivity contribution in [3.8, 4) is 0 Å². The Bertz CT molecular complexity index is 4990. The van der Waals surface area contributed by atoms with Crippen LogP contribution in [0.1, 0.15) is 200 Å². The van der Waals surface area contributed by atoms with Gasteiger partial charge in [-0.2, -0.15) is 0 Å². The Hall–Kier alpha value is -9.29. The molecule has 6 fully saturated rings. The van der Waals surface area contributed by atoms with Crippen LogP contribution in [0.3, 0.4) is 0 Å². The highest BCUT2D eigenvalue weighted by molar-refractivity contribution is 5.96. The average Bonchev–Trinajstić information content (AvgIpc) is 1.03. The van der Waals surface area contributed by atoms with Crippen LogP contribution in [-0.4, -0.2) is 85.0 Å². The largest absolute Gasteiger partial charge is 0.305 e. The van der Waals surface area contributed by atoms with Crippen LogP contribution in [-0.2, 0) is 41.3 Å². The molecule has 0 saturated heterocycles. The minimum Gasteiger partial charge on any atom is -0.305 e. The van der Waals surface area contributed by atoms with Gasteiger partial charge in [-0.25, -0.2) is 86.7 Å². The molecule has 0 aliphatic heterocycles. The lowest BCUT2D eigenvalue weighted by Crippen LogP contribution is -2.60. The highest BCUT2D eigenvalue weighted by Crippen LogP contribution is 2.57. The van der Waals surface area contributed by atoms with Crippen molar-refractivity contribution in [3.63, 3.8) is 0 Å². The van der Waals surface area contributed by atoms with E-state index in [1.165, 1.54) is 21.3 Å². The van der Waals surface area contributed by atoms with Gasteiger partial charge in [-0.1, -0.05) is 42.0 Å². The number of benzene rings is 4. The van der Waals surface area contributed by atoms with Gasteiger partial charge >= 0.3 is 0 Å². The van der Waals surface area contributed by atoms with Crippen molar-refractivity contribution in [2.75, 3.05) is 21.3 Å². The van der Waals surface area contributed by atoms with Crippen molar-refractivity contribution in [2.24, 2.45) is 28.6 Å².